The van der Waals surface area contributed by atoms with Crippen LogP contribution in [-0.4, -0.2) is 44.4 Å². The maximum Gasteiger partial charge on any atom is 0.257 e. The lowest BCUT2D eigenvalue weighted by Crippen LogP contribution is -2.35. The van der Waals surface area contributed by atoms with E-state index in [4.69, 9.17) is 0 Å². The number of carbonyl (C=O) groups excluding carboxylic acids is 2. The van der Waals surface area contributed by atoms with Crippen LogP contribution in [0.15, 0.2) is 73.2 Å². The van der Waals surface area contributed by atoms with Crippen LogP contribution in [0, 0.1) is 0 Å². The first-order chi connectivity index (χ1) is 15.7. The molecule has 7 heteroatoms. The number of fused-ring (bicyclic) bond motifs is 1. The minimum Gasteiger partial charge on any atom is -0.339 e. The van der Waals surface area contributed by atoms with E-state index in [9.17, 15) is 9.59 Å². The number of amides is 2. The molecule has 4 aromatic rings. The zero-order chi connectivity index (χ0) is 21.9. The normalized spacial score (nSPS) is 13.8. The summed E-state index contributed by atoms with van der Waals surface area (Å²) in [6, 6.07) is 16.9. The summed E-state index contributed by atoms with van der Waals surface area (Å²) in [4.78, 5) is 31.3. The maximum atomic E-state index is 13.0. The van der Waals surface area contributed by atoms with Crippen molar-refractivity contribution in [2.45, 2.75) is 19.3 Å². The van der Waals surface area contributed by atoms with Gasteiger partial charge < -0.3 is 10.2 Å². The summed E-state index contributed by atoms with van der Waals surface area (Å²) in [5.41, 5.74) is 4.45. The third-order valence-electron chi connectivity index (χ3n) is 5.78. The lowest BCUT2D eigenvalue weighted by molar-refractivity contribution is 0.0726. The lowest BCUT2D eigenvalue weighted by atomic mass is 10.1. The van der Waals surface area contributed by atoms with E-state index in [1.54, 1.807) is 29.0 Å². The van der Waals surface area contributed by atoms with Crippen LogP contribution in [-0.2, 0) is 0 Å². The van der Waals surface area contributed by atoms with Gasteiger partial charge in [-0.3, -0.25) is 14.6 Å². The number of nitrogens with zero attached hydrogens (tertiary/aromatic N) is 4. The Morgan fingerprint density at radius 2 is 1.69 bits per heavy atom. The van der Waals surface area contributed by atoms with Gasteiger partial charge in [0.1, 0.15) is 0 Å². The number of nitrogens with one attached hydrogen (secondary N) is 1. The molecule has 1 aliphatic rings. The summed E-state index contributed by atoms with van der Waals surface area (Å²) < 4.78 is 1.81. The first-order valence-electron chi connectivity index (χ1n) is 10.8. The standard InChI is InChI=1S/C25H23N5O2/c31-24(19-6-5-13-26-16-19)28-20-11-9-18(10-12-20)22-7-4-8-23-21(17-27-30(22)23)25(32)29-14-2-1-3-15-29/h4-13,16-17H,1-3,14-15H2,(H,28,31). The lowest BCUT2D eigenvalue weighted by Gasteiger charge is -2.26. The Hall–Kier alpha value is -4.00. The molecule has 1 N–H and O–H groups in total. The predicted molar refractivity (Wildman–Crippen MR) is 123 cm³/mol. The highest BCUT2D eigenvalue weighted by atomic mass is 16.2. The van der Waals surface area contributed by atoms with Crippen LogP contribution in [0.5, 0.6) is 0 Å². The molecule has 2 amide bonds. The van der Waals surface area contributed by atoms with Crippen LogP contribution in [0.25, 0.3) is 16.8 Å². The average Bonchev–Trinajstić information content (AvgIpc) is 3.29. The first-order valence-corrected chi connectivity index (χ1v) is 10.8. The van der Waals surface area contributed by atoms with Crippen LogP contribution in [0.3, 0.4) is 0 Å². The van der Waals surface area contributed by atoms with E-state index < -0.39 is 0 Å². The van der Waals surface area contributed by atoms with Gasteiger partial charge in [-0.2, -0.15) is 5.10 Å². The van der Waals surface area contributed by atoms with Gasteiger partial charge in [-0.05, 0) is 55.7 Å². The van der Waals surface area contributed by atoms with E-state index in [1.165, 1.54) is 12.6 Å². The van der Waals surface area contributed by atoms with Crippen molar-refractivity contribution < 1.29 is 9.59 Å². The summed E-state index contributed by atoms with van der Waals surface area (Å²) in [6.45, 7) is 1.62. The molecule has 1 aliphatic heterocycles. The van der Waals surface area contributed by atoms with Gasteiger partial charge >= 0.3 is 0 Å². The van der Waals surface area contributed by atoms with E-state index in [1.807, 2.05) is 47.4 Å². The maximum absolute atomic E-state index is 13.0. The van der Waals surface area contributed by atoms with Crippen LogP contribution < -0.4 is 5.32 Å². The van der Waals surface area contributed by atoms with Gasteiger partial charge in [0, 0.05) is 36.7 Å². The molecule has 160 valence electrons. The van der Waals surface area contributed by atoms with Gasteiger partial charge in [0.15, 0.2) is 0 Å². The summed E-state index contributed by atoms with van der Waals surface area (Å²) in [6.07, 6.45) is 8.12. The van der Waals surface area contributed by atoms with Gasteiger partial charge in [0.2, 0.25) is 0 Å². The summed E-state index contributed by atoms with van der Waals surface area (Å²) in [5, 5.41) is 7.39. The molecule has 7 nitrogen and oxygen atoms in total. The second kappa shape index (κ2) is 8.63. The zero-order valence-electron chi connectivity index (χ0n) is 17.6. The van der Waals surface area contributed by atoms with Crippen molar-refractivity contribution in [3.63, 3.8) is 0 Å². The number of benzene rings is 1. The number of carbonyl (C=O) groups is 2. The highest BCUT2D eigenvalue weighted by molar-refractivity contribution is 6.04. The second-order valence-electron chi connectivity index (χ2n) is 7.89. The molecule has 0 radical (unpaired) electrons. The molecule has 3 aromatic heterocycles. The minimum absolute atomic E-state index is 0.0466. The van der Waals surface area contributed by atoms with Gasteiger partial charge in [-0.1, -0.05) is 18.2 Å². The van der Waals surface area contributed by atoms with Gasteiger partial charge in [0.05, 0.1) is 28.5 Å². The highest BCUT2D eigenvalue weighted by Crippen LogP contribution is 2.25. The van der Waals surface area contributed by atoms with Crippen molar-refractivity contribution >= 4 is 23.0 Å². The Labute approximate surface area is 185 Å². The zero-order valence-corrected chi connectivity index (χ0v) is 17.6. The van der Waals surface area contributed by atoms with Gasteiger partial charge in [-0.25, -0.2) is 4.52 Å². The summed E-state index contributed by atoms with van der Waals surface area (Å²) >= 11 is 0. The molecule has 0 spiro atoms. The molecule has 4 heterocycles. The van der Waals surface area contributed by atoms with Crippen LogP contribution in [0.1, 0.15) is 40.0 Å². The smallest absolute Gasteiger partial charge is 0.257 e. The number of piperidine rings is 1. The van der Waals surface area contributed by atoms with E-state index in [0.717, 1.165) is 42.7 Å². The van der Waals surface area contributed by atoms with Crippen molar-refractivity contribution in [1.29, 1.82) is 0 Å². The predicted octanol–water partition coefficient (Wildman–Crippen LogP) is 4.27. The van der Waals surface area contributed by atoms with E-state index >= 15 is 0 Å². The molecule has 0 bridgehead atoms. The number of anilines is 1. The summed E-state index contributed by atoms with van der Waals surface area (Å²) in [7, 11) is 0. The number of aromatic nitrogens is 3. The quantitative estimate of drug-likeness (QED) is 0.529. The van der Waals surface area contributed by atoms with Crippen molar-refractivity contribution in [3.05, 3.63) is 84.3 Å². The van der Waals surface area contributed by atoms with Crippen LogP contribution >= 0.6 is 0 Å². The van der Waals surface area contributed by atoms with Crippen LogP contribution in [0.4, 0.5) is 5.69 Å². The van der Waals surface area contributed by atoms with E-state index in [0.29, 0.717) is 16.8 Å². The molecular weight excluding hydrogens is 402 g/mol. The van der Waals surface area contributed by atoms with Crippen molar-refractivity contribution in [2.24, 2.45) is 0 Å². The topological polar surface area (TPSA) is 79.6 Å². The van der Waals surface area contributed by atoms with E-state index in [-0.39, 0.29) is 11.8 Å². The first kappa shape index (κ1) is 19.9. The van der Waals surface area contributed by atoms with Crippen molar-refractivity contribution in [1.82, 2.24) is 19.5 Å². The fourth-order valence-corrected chi connectivity index (χ4v) is 4.09. The Balaban J connectivity index is 1.39. The Morgan fingerprint density at radius 3 is 2.44 bits per heavy atom. The Kier molecular flexibility index (Phi) is 5.37. The number of rotatable bonds is 4. The number of hydrogen-bond acceptors (Lipinski definition) is 4. The SMILES string of the molecule is O=C(Nc1ccc(-c2cccc3c(C(=O)N4CCCCC4)cnn23)cc1)c1cccnc1. The number of likely N-dealkylation sites (tertiary alicyclic amines) is 1. The minimum atomic E-state index is -0.208. The summed E-state index contributed by atoms with van der Waals surface area (Å²) in [5.74, 6) is -0.161. The number of hydrogen-bond donors (Lipinski definition) is 1. The largest absolute Gasteiger partial charge is 0.339 e. The third-order valence-corrected chi connectivity index (χ3v) is 5.78. The fourth-order valence-electron chi connectivity index (χ4n) is 4.09. The fraction of sp³-hybridized carbons (Fsp3) is 0.200. The van der Waals surface area contributed by atoms with Crippen LogP contribution in [0.2, 0.25) is 0 Å². The monoisotopic (exact) mass is 425 g/mol. The molecule has 1 aromatic carbocycles. The molecule has 0 aliphatic carbocycles. The molecule has 0 unspecified atom stereocenters. The molecule has 1 saturated heterocycles. The molecule has 1 fully saturated rings. The molecule has 0 saturated carbocycles. The van der Waals surface area contributed by atoms with Gasteiger partial charge in [-0.15, -0.1) is 0 Å². The molecule has 0 atom stereocenters. The molecular formula is C25H23N5O2. The molecule has 32 heavy (non-hydrogen) atoms. The number of pyridine rings is 2. The van der Waals surface area contributed by atoms with Crippen molar-refractivity contribution in [3.8, 4) is 11.3 Å². The average molecular weight is 425 g/mol. The van der Waals surface area contributed by atoms with Crippen molar-refractivity contribution in [2.75, 3.05) is 18.4 Å². The molecule has 5 rings (SSSR count). The third kappa shape index (κ3) is 3.85. The Morgan fingerprint density at radius 1 is 0.875 bits per heavy atom. The Bertz CT molecular complexity index is 1260. The van der Waals surface area contributed by atoms with E-state index in [2.05, 4.69) is 15.4 Å². The van der Waals surface area contributed by atoms with Gasteiger partial charge in [0.25, 0.3) is 11.8 Å². The highest BCUT2D eigenvalue weighted by Gasteiger charge is 2.22. The second-order valence-corrected chi connectivity index (χ2v) is 7.89.